The number of amides is 1. The summed E-state index contributed by atoms with van der Waals surface area (Å²) >= 11 is 5.04. The van der Waals surface area contributed by atoms with Crippen LogP contribution in [0, 0.1) is 5.92 Å². The van der Waals surface area contributed by atoms with Crippen LogP contribution in [-0.4, -0.2) is 54.5 Å². The van der Waals surface area contributed by atoms with Gasteiger partial charge in [0, 0.05) is 38.5 Å². The largest absolute Gasteiger partial charge is 0.381 e. The monoisotopic (exact) mass is 400 g/mol. The molecular weight excluding hydrogens is 380 g/mol. The van der Waals surface area contributed by atoms with Gasteiger partial charge in [-0.1, -0.05) is 11.8 Å². The van der Waals surface area contributed by atoms with Crippen LogP contribution in [0.4, 0.5) is 5.82 Å². The molecule has 1 aromatic rings. The summed E-state index contributed by atoms with van der Waals surface area (Å²) in [6.45, 7) is 3.04. The van der Waals surface area contributed by atoms with Crippen molar-refractivity contribution in [3.63, 3.8) is 0 Å². The molecule has 23 heavy (non-hydrogen) atoms. The predicted octanol–water partition coefficient (Wildman–Crippen LogP) is 2.08. The Kier molecular flexibility index (Phi) is 5.76. The zero-order valence-corrected chi connectivity index (χ0v) is 15.5. The Bertz CT molecular complexity index is 568. The summed E-state index contributed by atoms with van der Waals surface area (Å²) in [6, 6.07) is 0.263. The molecule has 0 aromatic carbocycles. The molecule has 6 nitrogen and oxygen atoms in total. The molecule has 0 radical (unpaired) electrons. The minimum atomic E-state index is 0.0254. The van der Waals surface area contributed by atoms with Crippen molar-refractivity contribution >= 4 is 39.4 Å². The number of carbonyl (C=O) groups excluding carboxylic acids is 1. The van der Waals surface area contributed by atoms with Crippen molar-refractivity contribution in [1.29, 1.82) is 0 Å². The first-order chi connectivity index (χ1) is 11.2. The van der Waals surface area contributed by atoms with E-state index >= 15 is 0 Å². The predicted molar refractivity (Wildman–Crippen MR) is 93.8 cm³/mol. The average Bonchev–Trinajstić information content (AvgIpc) is 3.06. The van der Waals surface area contributed by atoms with E-state index in [4.69, 9.17) is 4.74 Å². The highest BCUT2D eigenvalue weighted by molar-refractivity contribution is 9.10. The second-order valence-electron chi connectivity index (χ2n) is 5.86. The van der Waals surface area contributed by atoms with Crippen LogP contribution < -0.4 is 10.2 Å². The van der Waals surface area contributed by atoms with E-state index < -0.39 is 0 Å². The Morgan fingerprint density at radius 3 is 2.96 bits per heavy atom. The SMILES string of the molecule is CSc1ncc(Br)c(N2CCC(C(=O)NC3CCOCC3)C2)n1. The Morgan fingerprint density at radius 2 is 2.22 bits per heavy atom. The minimum Gasteiger partial charge on any atom is -0.381 e. The maximum Gasteiger partial charge on any atom is 0.225 e. The Balaban J connectivity index is 1.60. The van der Waals surface area contributed by atoms with Gasteiger partial charge in [-0.25, -0.2) is 9.97 Å². The van der Waals surface area contributed by atoms with E-state index in [1.165, 1.54) is 11.8 Å². The van der Waals surface area contributed by atoms with Gasteiger partial charge >= 0.3 is 0 Å². The first kappa shape index (κ1) is 17.0. The van der Waals surface area contributed by atoms with Crippen LogP contribution in [0.2, 0.25) is 0 Å². The molecule has 8 heteroatoms. The molecule has 0 saturated carbocycles. The van der Waals surface area contributed by atoms with Gasteiger partial charge in [-0.3, -0.25) is 4.79 Å². The van der Waals surface area contributed by atoms with Crippen molar-refractivity contribution in [2.24, 2.45) is 5.92 Å². The number of rotatable bonds is 4. The summed E-state index contributed by atoms with van der Waals surface area (Å²) in [7, 11) is 0. The van der Waals surface area contributed by atoms with Crippen molar-refractivity contribution in [3.05, 3.63) is 10.7 Å². The number of hydrogen-bond donors (Lipinski definition) is 1. The van der Waals surface area contributed by atoms with Crippen LogP contribution in [0.3, 0.4) is 0 Å². The smallest absolute Gasteiger partial charge is 0.225 e. The molecule has 3 heterocycles. The van der Waals surface area contributed by atoms with Gasteiger partial charge in [-0.2, -0.15) is 0 Å². The topological polar surface area (TPSA) is 67.4 Å². The summed E-state index contributed by atoms with van der Waals surface area (Å²) in [5.41, 5.74) is 0. The first-order valence-corrected chi connectivity index (χ1v) is 9.88. The van der Waals surface area contributed by atoms with Crippen LogP contribution in [0.5, 0.6) is 0 Å². The van der Waals surface area contributed by atoms with Gasteiger partial charge in [0.2, 0.25) is 5.91 Å². The van der Waals surface area contributed by atoms with Crippen molar-refractivity contribution in [3.8, 4) is 0 Å². The van der Waals surface area contributed by atoms with Crippen LogP contribution in [-0.2, 0) is 9.53 Å². The molecule has 3 rings (SSSR count). The fourth-order valence-corrected chi connectivity index (χ4v) is 3.77. The summed E-state index contributed by atoms with van der Waals surface area (Å²) in [6.07, 6.45) is 6.43. The molecule has 0 aliphatic carbocycles. The fourth-order valence-electron chi connectivity index (χ4n) is 2.99. The Hall–Kier alpha value is -0.860. The third-order valence-electron chi connectivity index (χ3n) is 4.31. The molecular formula is C15H21BrN4O2S. The molecule has 1 unspecified atom stereocenters. The van der Waals surface area contributed by atoms with Crippen molar-refractivity contribution in [2.75, 3.05) is 37.5 Å². The fraction of sp³-hybridized carbons (Fsp3) is 0.667. The number of aromatic nitrogens is 2. The summed E-state index contributed by atoms with van der Waals surface area (Å²) in [5, 5.41) is 3.92. The van der Waals surface area contributed by atoms with Gasteiger partial charge in [-0.05, 0) is 41.4 Å². The number of halogens is 1. The molecule has 2 aliphatic rings. The van der Waals surface area contributed by atoms with Crippen LogP contribution in [0.1, 0.15) is 19.3 Å². The van der Waals surface area contributed by atoms with Gasteiger partial charge in [0.15, 0.2) is 5.16 Å². The molecule has 2 aliphatic heterocycles. The summed E-state index contributed by atoms with van der Waals surface area (Å²) in [4.78, 5) is 23.5. The van der Waals surface area contributed by atoms with Crippen molar-refractivity contribution in [2.45, 2.75) is 30.5 Å². The lowest BCUT2D eigenvalue weighted by molar-refractivity contribution is -0.125. The van der Waals surface area contributed by atoms with Gasteiger partial charge in [0.25, 0.3) is 0 Å². The maximum atomic E-state index is 12.5. The number of nitrogens with one attached hydrogen (secondary N) is 1. The number of thioether (sulfide) groups is 1. The lowest BCUT2D eigenvalue weighted by Crippen LogP contribution is -2.42. The molecule has 2 saturated heterocycles. The number of nitrogens with zero attached hydrogens (tertiary/aromatic N) is 3. The minimum absolute atomic E-state index is 0.0254. The molecule has 0 bridgehead atoms. The van der Waals surface area contributed by atoms with E-state index in [9.17, 15) is 4.79 Å². The van der Waals surface area contributed by atoms with Crippen molar-refractivity contribution in [1.82, 2.24) is 15.3 Å². The molecule has 1 N–H and O–H groups in total. The number of ether oxygens (including phenoxy) is 1. The third kappa shape index (κ3) is 4.16. The highest BCUT2D eigenvalue weighted by Crippen LogP contribution is 2.30. The van der Waals surface area contributed by atoms with E-state index in [1.807, 2.05) is 6.26 Å². The van der Waals surface area contributed by atoms with E-state index in [2.05, 4.69) is 36.1 Å². The molecule has 1 amide bonds. The number of carbonyl (C=O) groups is 1. The van der Waals surface area contributed by atoms with Gasteiger partial charge in [0.05, 0.1) is 10.4 Å². The standard InChI is InChI=1S/C15H21BrN4O2S/c1-23-15-17-8-12(16)13(19-15)20-5-2-10(9-20)14(21)18-11-3-6-22-7-4-11/h8,10-11H,2-7,9H2,1H3,(H,18,21). The van der Waals surface area contributed by atoms with Gasteiger partial charge < -0.3 is 15.0 Å². The Morgan fingerprint density at radius 1 is 1.43 bits per heavy atom. The zero-order chi connectivity index (χ0) is 16.2. The second-order valence-corrected chi connectivity index (χ2v) is 7.48. The lowest BCUT2D eigenvalue weighted by atomic mass is 10.1. The normalized spacial score (nSPS) is 22.3. The lowest BCUT2D eigenvalue weighted by Gasteiger charge is -2.25. The highest BCUT2D eigenvalue weighted by atomic mass is 79.9. The number of anilines is 1. The van der Waals surface area contributed by atoms with Crippen LogP contribution >= 0.6 is 27.7 Å². The molecule has 1 atom stereocenters. The second kappa shape index (κ2) is 7.81. The van der Waals surface area contributed by atoms with Gasteiger partial charge in [-0.15, -0.1) is 0 Å². The zero-order valence-electron chi connectivity index (χ0n) is 13.1. The first-order valence-electron chi connectivity index (χ1n) is 7.87. The number of hydrogen-bond acceptors (Lipinski definition) is 6. The van der Waals surface area contributed by atoms with Crippen LogP contribution in [0.15, 0.2) is 15.8 Å². The average molecular weight is 401 g/mol. The maximum absolute atomic E-state index is 12.5. The van der Waals surface area contributed by atoms with E-state index in [-0.39, 0.29) is 17.9 Å². The molecule has 0 spiro atoms. The van der Waals surface area contributed by atoms with Gasteiger partial charge in [0.1, 0.15) is 5.82 Å². The Labute approximate surface area is 148 Å². The summed E-state index contributed by atoms with van der Waals surface area (Å²) < 4.78 is 6.21. The quantitative estimate of drug-likeness (QED) is 0.616. The van der Waals surface area contributed by atoms with E-state index in [0.717, 1.165) is 54.5 Å². The van der Waals surface area contributed by atoms with Crippen molar-refractivity contribution < 1.29 is 9.53 Å². The highest BCUT2D eigenvalue weighted by Gasteiger charge is 2.31. The summed E-state index contributed by atoms with van der Waals surface area (Å²) in [5.74, 6) is 1.07. The molecule has 2 fully saturated rings. The third-order valence-corrected chi connectivity index (χ3v) is 5.43. The van der Waals surface area contributed by atoms with E-state index in [0.29, 0.717) is 6.54 Å². The molecule has 126 valence electrons. The molecule has 1 aromatic heterocycles. The van der Waals surface area contributed by atoms with Crippen LogP contribution in [0.25, 0.3) is 0 Å². The van der Waals surface area contributed by atoms with E-state index in [1.54, 1.807) is 6.20 Å².